The average Bonchev–Trinajstić information content (AvgIpc) is 3.20. The van der Waals surface area contributed by atoms with Gasteiger partial charge in [-0.3, -0.25) is 9.48 Å². The van der Waals surface area contributed by atoms with Gasteiger partial charge in [-0.05, 0) is 38.5 Å². The lowest BCUT2D eigenvalue weighted by Crippen LogP contribution is -2.47. The van der Waals surface area contributed by atoms with Crippen LogP contribution in [0.15, 0.2) is 12.3 Å². The number of anilines is 1. The van der Waals surface area contributed by atoms with Crippen molar-refractivity contribution in [2.75, 3.05) is 18.1 Å². The number of ether oxygens (including phenoxy) is 1. The van der Waals surface area contributed by atoms with Crippen LogP contribution < -0.4 is 15.4 Å². The maximum Gasteiger partial charge on any atom is 0.408 e. The van der Waals surface area contributed by atoms with Crippen LogP contribution in [0.25, 0.3) is 11.3 Å². The third-order valence-corrected chi connectivity index (χ3v) is 9.16. The van der Waals surface area contributed by atoms with Gasteiger partial charge in [0.05, 0.1) is 27.1 Å². The van der Waals surface area contributed by atoms with E-state index in [-0.39, 0.29) is 66.6 Å². The summed E-state index contributed by atoms with van der Waals surface area (Å²) in [4.78, 5) is 17.0. The highest BCUT2D eigenvalue weighted by Gasteiger charge is 2.42. The lowest BCUT2D eigenvalue weighted by Gasteiger charge is -2.35. The Morgan fingerprint density at radius 1 is 1.29 bits per heavy atom. The molecule has 42 heavy (non-hydrogen) atoms. The lowest BCUT2D eigenvalue weighted by atomic mass is 9.84. The maximum atomic E-state index is 13.5. The topological polar surface area (TPSA) is 135 Å². The van der Waals surface area contributed by atoms with Gasteiger partial charge in [-0.1, -0.05) is 25.4 Å². The summed E-state index contributed by atoms with van der Waals surface area (Å²) in [6.07, 6.45) is -1.79. The number of carbonyl (C=O) groups excluding carboxylic acids is 1. The number of nitrogens with one attached hydrogen (secondary N) is 2. The molecule has 1 saturated carbocycles. The first-order valence-corrected chi connectivity index (χ1v) is 15.4. The Hall–Kier alpha value is -2.72. The number of aliphatic hydroxyl groups is 1. The Morgan fingerprint density at radius 3 is 2.40 bits per heavy atom. The normalized spacial score (nSPS) is 20.5. The summed E-state index contributed by atoms with van der Waals surface area (Å²) in [5.74, 6) is -2.62. The Kier molecular flexibility index (Phi) is 10.4. The van der Waals surface area contributed by atoms with Gasteiger partial charge in [-0.25, -0.2) is 13.4 Å². The van der Waals surface area contributed by atoms with Crippen LogP contribution in [-0.2, 0) is 16.4 Å². The van der Waals surface area contributed by atoms with Crippen molar-refractivity contribution in [2.45, 2.75) is 82.7 Å². The second kappa shape index (κ2) is 12.9. The molecule has 0 aromatic carbocycles. The van der Waals surface area contributed by atoms with Crippen molar-refractivity contribution in [1.82, 2.24) is 20.1 Å². The van der Waals surface area contributed by atoms with E-state index in [1.807, 2.05) is 0 Å². The van der Waals surface area contributed by atoms with Crippen molar-refractivity contribution in [1.29, 1.82) is 0 Å². The fourth-order valence-electron chi connectivity index (χ4n) is 4.81. The zero-order valence-corrected chi connectivity index (χ0v) is 24.9. The highest BCUT2D eigenvalue weighted by Crippen LogP contribution is 2.39. The van der Waals surface area contributed by atoms with Crippen LogP contribution in [0.1, 0.15) is 56.9 Å². The minimum Gasteiger partial charge on any atom is -0.434 e. The molecule has 1 aliphatic rings. The van der Waals surface area contributed by atoms with E-state index in [0.717, 1.165) is 18.5 Å². The number of amides is 1. The predicted molar refractivity (Wildman–Crippen MR) is 145 cm³/mol. The minimum atomic E-state index is -4.65. The molecule has 3 rings (SSSR count). The number of pyridine rings is 1. The van der Waals surface area contributed by atoms with Crippen molar-refractivity contribution in [3.63, 3.8) is 0 Å². The van der Waals surface area contributed by atoms with Crippen LogP contribution in [0.2, 0.25) is 5.02 Å². The Labute approximate surface area is 244 Å². The minimum absolute atomic E-state index is 0.0392. The predicted octanol–water partition coefficient (Wildman–Crippen LogP) is 4.67. The van der Waals surface area contributed by atoms with Crippen molar-refractivity contribution in [3.8, 4) is 17.0 Å². The lowest BCUT2D eigenvalue weighted by molar-refractivity contribution is -0.150. The molecule has 0 saturated heterocycles. The second-order valence-corrected chi connectivity index (χ2v) is 13.3. The number of aryl methyl sites for hydroxylation is 1. The molecule has 1 unspecified atom stereocenters. The Morgan fingerprint density at radius 2 is 1.90 bits per heavy atom. The van der Waals surface area contributed by atoms with Gasteiger partial charge in [0, 0.05) is 31.6 Å². The Balaban J connectivity index is 1.89. The molecule has 0 aliphatic heterocycles. The first-order chi connectivity index (χ1) is 19.4. The van der Waals surface area contributed by atoms with Crippen molar-refractivity contribution < 1.29 is 45.0 Å². The molecule has 10 nitrogen and oxygen atoms in total. The van der Waals surface area contributed by atoms with Crippen LogP contribution in [0.5, 0.6) is 5.75 Å². The molecule has 236 valence electrons. The van der Waals surface area contributed by atoms with Crippen molar-refractivity contribution in [2.24, 2.45) is 5.92 Å². The van der Waals surface area contributed by atoms with E-state index in [1.165, 1.54) is 18.5 Å². The fraction of sp³-hybridized carbons (Fsp3) is 0.640. The molecular formula is C25H33ClF5N5O5S. The van der Waals surface area contributed by atoms with E-state index in [1.54, 1.807) is 6.92 Å². The number of alkyl halides is 5. The molecule has 0 spiro atoms. The number of hydrogen-bond donors (Lipinski definition) is 3. The number of aromatic nitrogens is 3. The molecule has 0 radical (unpaired) electrons. The third kappa shape index (κ3) is 8.01. The van der Waals surface area contributed by atoms with Gasteiger partial charge in [0.15, 0.2) is 5.69 Å². The van der Waals surface area contributed by atoms with Crippen LogP contribution in [0, 0.1) is 5.92 Å². The molecule has 17 heteroatoms. The maximum absolute atomic E-state index is 13.5. The third-order valence-electron chi connectivity index (χ3n) is 7.12. The summed E-state index contributed by atoms with van der Waals surface area (Å²) in [5.41, 5.74) is -1.84. The Bertz CT molecular complexity index is 1380. The first kappa shape index (κ1) is 33.8. The molecule has 0 bridgehead atoms. The monoisotopic (exact) mass is 645 g/mol. The van der Waals surface area contributed by atoms with Crippen LogP contribution in [0.4, 0.5) is 27.8 Å². The van der Waals surface area contributed by atoms with Gasteiger partial charge < -0.3 is 20.5 Å². The number of hydrogen-bond acceptors (Lipinski definition) is 8. The quantitative estimate of drug-likeness (QED) is 0.300. The SMILES string of the molecule is CCn1nc(C(=O)NC[C@]2(O)CC[C@@H](S(C)(=O)=O)CC2)c(Cl)c1-c1cnc(NC(C(C)C)C(F)(F)F)cc1OC(F)F. The molecule has 1 aliphatic carbocycles. The second-order valence-electron chi connectivity index (χ2n) is 10.6. The highest BCUT2D eigenvalue weighted by molar-refractivity contribution is 7.91. The number of sulfone groups is 1. The van der Waals surface area contributed by atoms with Gasteiger partial charge in [0.25, 0.3) is 5.91 Å². The molecular weight excluding hydrogens is 613 g/mol. The first-order valence-electron chi connectivity index (χ1n) is 13.1. The van der Waals surface area contributed by atoms with E-state index in [0.29, 0.717) is 0 Å². The zero-order valence-electron chi connectivity index (χ0n) is 23.3. The van der Waals surface area contributed by atoms with E-state index in [9.17, 15) is 40.3 Å². The summed E-state index contributed by atoms with van der Waals surface area (Å²) in [5, 5.41) is 18.9. The highest BCUT2D eigenvalue weighted by atomic mass is 35.5. The molecule has 2 aromatic heterocycles. The van der Waals surface area contributed by atoms with Crippen LogP contribution in [-0.4, -0.2) is 76.7 Å². The molecule has 2 heterocycles. The summed E-state index contributed by atoms with van der Waals surface area (Å²) in [6, 6.07) is -1.14. The smallest absolute Gasteiger partial charge is 0.408 e. The molecule has 1 amide bonds. The summed E-state index contributed by atoms with van der Waals surface area (Å²) in [7, 11) is -3.26. The summed E-state index contributed by atoms with van der Waals surface area (Å²) >= 11 is 6.49. The van der Waals surface area contributed by atoms with Gasteiger partial charge in [0.1, 0.15) is 27.4 Å². The molecule has 3 N–H and O–H groups in total. The van der Waals surface area contributed by atoms with E-state index < -0.39 is 57.1 Å². The van der Waals surface area contributed by atoms with E-state index in [4.69, 9.17) is 11.6 Å². The van der Waals surface area contributed by atoms with Gasteiger partial charge in [-0.2, -0.15) is 27.1 Å². The average molecular weight is 646 g/mol. The fourth-order valence-corrected chi connectivity index (χ4v) is 6.22. The van der Waals surface area contributed by atoms with Gasteiger partial charge >= 0.3 is 12.8 Å². The number of nitrogens with zero attached hydrogens (tertiary/aromatic N) is 3. The number of halogens is 6. The number of carbonyl (C=O) groups is 1. The number of rotatable bonds is 11. The zero-order chi connectivity index (χ0) is 31.6. The van der Waals surface area contributed by atoms with E-state index in [2.05, 4.69) is 25.5 Å². The molecule has 2 aromatic rings. The molecule has 1 fully saturated rings. The van der Waals surface area contributed by atoms with Crippen molar-refractivity contribution >= 4 is 33.2 Å². The van der Waals surface area contributed by atoms with E-state index >= 15 is 0 Å². The van der Waals surface area contributed by atoms with Crippen LogP contribution >= 0.6 is 11.6 Å². The molecule has 1 atom stereocenters. The van der Waals surface area contributed by atoms with Crippen molar-refractivity contribution in [3.05, 3.63) is 23.0 Å². The van der Waals surface area contributed by atoms with Gasteiger partial charge in [-0.15, -0.1) is 0 Å². The standard InChI is InChI=1S/C25H33ClF5N5O5S/c1-5-36-20(15-11-32-17(10-16(15)41-23(27)28)34-21(13(2)3)25(29,30)31)18(26)19(35-36)22(37)33-12-24(38)8-6-14(7-9-24)42(4,39)40/h10-11,13-14,21,23,38H,5-9,12H2,1-4H3,(H,32,34)(H,33,37)/t14-,21?,24+. The summed E-state index contributed by atoms with van der Waals surface area (Å²) in [6.45, 7) is 0.843. The van der Waals surface area contributed by atoms with Gasteiger partial charge in [0.2, 0.25) is 0 Å². The van der Waals surface area contributed by atoms with Crippen LogP contribution in [0.3, 0.4) is 0 Å². The summed E-state index contributed by atoms with van der Waals surface area (Å²) < 4.78 is 96.5. The largest absolute Gasteiger partial charge is 0.434 e.